The van der Waals surface area contributed by atoms with Crippen molar-refractivity contribution < 1.29 is 22.4 Å². The first kappa shape index (κ1) is 27.3. The number of hydrogen-bond donors (Lipinski definition) is 1. The van der Waals surface area contributed by atoms with Gasteiger partial charge in [-0.25, -0.2) is 12.8 Å². The van der Waals surface area contributed by atoms with E-state index in [9.17, 15) is 22.4 Å². The monoisotopic (exact) mass is 575 g/mol. The molecule has 190 valence electrons. The molecular weight excluding hydrogens is 549 g/mol. The molecular formula is C26H27BrFN3O4S. The van der Waals surface area contributed by atoms with Gasteiger partial charge < -0.3 is 10.2 Å². The zero-order valence-electron chi connectivity index (χ0n) is 19.9. The molecule has 0 bridgehead atoms. The average molecular weight is 576 g/mol. The van der Waals surface area contributed by atoms with Crippen LogP contribution in [0.4, 0.5) is 10.1 Å². The smallest absolute Gasteiger partial charge is 0.264 e. The van der Waals surface area contributed by atoms with Crippen LogP contribution >= 0.6 is 15.9 Å². The zero-order chi connectivity index (χ0) is 26.3. The van der Waals surface area contributed by atoms with Gasteiger partial charge in [0.1, 0.15) is 18.4 Å². The molecule has 3 rings (SSSR count). The Morgan fingerprint density at radius 1 is 0.972 bits per heavy atom. The summed E-state index contributed by atoms with van der Waals surface area (Å²) in [7, 11) is -2.64. The fourth-order valence-corrected chi connectivity index (χ4v) is 5.43. The molecule has 2 amide bonds. The standard InChI is InChI=1S/C26H27BrFN3O4S/c1-3-24(26(33)29-2)30(17-19-9-13-21(28)14-10-19)25(32)18-31(22-15-11-20(27)12-16-22)36(34,35)23-7-5-4-6-8-23/h4-16,24H,3,17-18H2,1-2H3,(H,29,33)/t24-/m0/s1. The third-order valence-electron chi connectivity index (χ3n) is 5.62. The Morgan fingerprint density at radius 3 is 2.14 bits per heavy atom. The Hall–Kier alpha value is -3.24. The largest absolute Gasteiger partial charge is 0.357 e. The van der Waals surface area contributed by atoms with Crippen LogP contribution in [0.1, 0.15) is 18.9 Å². The summed E-state index contributed by atoms with van der Waals surface area (Å²) >= 11 is 3.34. The number of benzene rings is 3. The molecule has 7 nitrogen and oxygen atoms in total. The van der Waals surface area contributed by atoms with E-state index < -0.39 is 34.3 Å². The minimum Gasteiger partial charge on any atom is -0.357 e. The number of rotatable bonds is 10. The molecule has 0 aromatic heterocycles. The van der Waals surface area contributed by atoms with Gasteiger partial charge in [-0.2, -0.15) is 0 Å². The third-order valence-corrected chi connectivity index (χ3v) is 7.94. The summed E-state index contributed by atoms with van der Waals surface area (Å²) in [5.41, 5.74) is 0.901. The lowest BCUT2D eigenvalue weighted by atomic mass is 10.1. The Kier molecular flexibility index (Phi) is 9.22. The van der Waals surface area contributed by atoms with Crippen LogP contribution in [-0.2, 0) is 26.2 Å². The Bertz CT molecular complexity index is 1290. The molecule has 10 heteroatoms. The summed E-state index contributed by atoms with van der Waals surface area (Å²) in [5, 5.41) is 2.56. The van der Waals surface area contributed by atoms with Crippen LogP contribution < -0.4 is 9.62 Å². The molecule has 3 aromatic carbocycles. The minimum absolute atomic E-state index is 0.00457. The van der Waals surface area contributed by atoms with E-state index in [1.54, 1.807) is 49.4 Å². The zero-order valence-corrected chi connectivity index (χ0v) is 22.3. The van der Waals surface area contributed by atoms with Gasteiger partial charge in [0, 0.05) is 18.1 Å². The van der Waals surface area contributed by atoms with E-state index in [2.05, 4.69) is 21.2 Å². The normalized spacial score (nSPS) is 12.0. The van der Waals surface area contributed by atoms with Crippen molar-refractivity contribution in [3.05, 3.63) is 94.7 Å². The summed E-state index contributed by atoms with van der Waals surface area (Å²) in [6.45, 7) is 1.23. The molecule has 3 aromatic rings. The van der Waals surface area contributed by atoms with E-state index in [1.165, 1.54) is 48.3 Å². The second-order valence-electron chi connectivity index (χ2n) is 7.99. The predicted octanol–water partition coefficient (Wildman–Crippen LogP) is 4.34. The summed E-state index contributed by atoms with van der Waals surface area (Å²) in [6.07, 6.45) is 0.302. The van der Waals surface area contributed by atoms with Gasteiger partial charge in [0.15, 0.2) is 0 Å². The lowest BCUT2D eigenvalue weighted by molar-refractivity contribution is -0.140. The summed E-state index contributed by atoms with van der Waals surface area (Å²) < 4.78 is 42.5. The fourth-order valence-electron chi connectivity index (χ4n) is 3.73. The number of amides is 2. The quantitative estimate of drug-likeness (QED) is 0.389. The van der Waals surface area contributed by atoms with Crippen LogP contribution in [0.5, 0.6) is 0 Å². The molecule has 1 N–H and O–H groups in total. The Balaban J connectivity index is 2.03. The molecule has 0 aliphatic heterocycles. The highest BCUT2D eigenvalue weighted by Gasteiger charge is 2.33. The Labute approximate surface area is 219 Å². The average Bonchev–Trinajstić information content (AvgIpc) is 2.89. The van der Waals surface area contributed by atoms with Gasteiger partial charge >= 0.3 is 0 Å². The topological polar surface area (TPSA) is 86.8 Å². The number of nitrogens with one attached hydrogen (secondary N) is 1. The van der Waals surface area contributed by atoms with Gasteiger partial charge in [0.25, 0.3) is 10.0 Å². The molecule has 0 saturated heterocycles. The van der Waals surface area contributed by atoms with Crippen molar-refractivity contribution in [2.75, 3.05) is 17.9 Å². The molecule has 0 fully saturated rings. The van der Waals surface area contributed by atoms with Crippen LogP contribution in [-0.4, -0.2) is 44.8 Å². The highest BCUT2D eigenvalue weighted by Crippen LogP contribution is 2.26. The van der Waals surface area contributed by atoms with E-state index in [1.807, 2.05) is 0 Å². The van der Waals surface area contributed by atoms with Gasteiger partial charge in [-0.1, -0.05) is 53.2 Å². The maximum atomic E-state index is 13.7. The third kappa shape index (κ3) is 6.50. The lowest BCUT2D eigenvalue weighted by Gasteiger charge is -2.33. The predicted molar refractivity (Wildman–Crippen MR) is 140 cm³/mol. The molecule has 36 heavy (non-hydrogen) atoms. The van der Waals surface area contributed by atoms with Crippen LogP contribution in [0.15, 0.2) is 88.2 Å². The molecule has 0 spiro atoms. The van der Waals surface area contributed by atoms with Crippen molar-refractivity contribution in [3.8, 4) is 0 Å². The van der Waals surface area contributed by atoms with Crippen LogP contribution in [0.25, 0.3) is 0 Å². The second-order valence-corrected chi connectivity index (χ2v) is 10.8. The number of carbonyl (C=O) groups excluding carboxylic acids is 2. The summed E-state index contributed by atoms with van der Waals surface area (Å²) in [4.78, 5) is 27.7. The maximum absolute atomic E-state index is 13.7. The summed E-state index contributed by atoms with van der Waals surface area (Å²) in [6, 6.07) is 19.1. The van der Waals surface area contributed by atoms with Gasteiger partial charge in [0.2, 0.25) is 11.8 Å². The number of likely N-dealkylation sites (N-methyl/N-ethyl adjacent to an activating group) is 1. The van der Waals surface area contributed by atoms with Gasteiger partial charge in [-0.15, -0.1) is 0 Å². The molecule has 1 atom stereocenters. The van der Waals surface area contributed by atoms with Gasteiger partial charge in [-0.05, 0) is 60.5 Å². The van der Waals surface area contributed by atoms with Gasteiger partial charge in [0.05, 0.1) is 10.6 Å². The molecule has 0 aliphatic rings. The van der Waals surface area contributed by atoms with E-state index >= 15 is 0 Å². The number of sulfonamides is 1. The van der Waals surface area contributed by atoms with Gasteiger partial charge in [-0.3, -0.25) is 13.9 Å². The number of halogens is 2. The van der Waals surface area contributed by atoms with Crippen LogP contribution in [0.2, 0.25) is 0 Å². The molecule has 0 radical (unpaired) electrons. The Morgan fingerprint density at radius 2 is 1.58 bits per heavy atom. The van der Waals surface area contributed by atoms with Crippen molar-refractivity contribution >= 4 is 43.5 Å². The molecule has 0 aliphatic carbocycles. The number of anilines is 1. The van der Waals surface area contributed by atoms with Crippen LogP contribution in [0, 0.1) is 5.82 Å². The number of carbonyl (C=O) groups is 2. The van der Waals surface area contributed by atoms with E-state index in [-0.39, 0.29) is 17.3 Å². The molecule has 0 unspecified atom stereocenters. The van der Waals surface area contributed by atoms with Crippen molar-refractivity contribution in [3.63, 3.8) is 0 Å². The summed E-state index contributed by atoms with van der Waals surface area (Å²) in [5.74, 6) is -1.38. The fraction of sp³-hybridized carbons (Fsp3) is 0.231. The molecule has 0 heterocycles. The SMILES string of the molecule is CC[C@@H](C(=O)NC)N(Cc1ccc(F)cc1)C(=O)CN(c1ccc(Br)cc1)S(=O)(=O)c1ccccc1. The number of hydrogen-bond acceptors (Lipinski definition) is 4. The van der Waals surface area contributed by atoms with Crippen LogP contribution in [0.3, 0.4) is 0 Å². The molecule has 0 saturated carbocycles. The van der Waals surface area contributed by atoms with E-state index in [4.69, 9.17) is 0 Å². The van der Waals surface area contributed by atoms with E-state index in [0.717, 1.165) is 8.78 Å². The van der Waals surface area contributed by atoms with Crippen molar-refractivity contribution in [2.45, 2.75) is 30.8 Å². The minimum atomic E-state index is -4.11. The first-order chi connectivity index (χ1) is 17.2. The highest BCUT2D eigenvalue weighted by molar-refractivity contribution is 9.10. The number of nitrogens with zero attached hydrogens (tertiary/aromatic N) is 2. The highest BCUT2D eigenvalue weighted by atomic mass is 79.9. The first-order valence-electron chi connectivity index (χ1n) is 11.3. The van der Waals surface area contributed by atoms with Crippen molar-refractivity contribution in [1.82, 2.24) is 10.2 Å². The van der Waals surface area contributed by atoms with Crippen molar-refractivity contribution in [1.29, 1.82) is 0 Å². The lowest BCUT2D eigenvalue weighted by Crippen LogP contribution is -2.51. The first-order valence-corrected chi connectivity index (χ1v) is 13.5. The van der Waals surface area contributed by atoms with Crippen molar-refractivity contribution in [2.24, 2.45) is 0 Å². The van der Waals surface area contributed by atoms with E-state index in [0.29, 0.717) is 17.7 Å². The maximum Gasteiger partial charge on any atom is 0.264 e. The second kappa shape index (κ2) is 12.1.